The van der Waals surface area contributed by atoms with E-state index in [2.05, 4.69) is 0 Å². The fourth-order valence-corrected chi connectivity index (χ4v) is 2.54. The SMILES string of the molecule is O=C(O)[C@@H]1CN(C(=O)c2ccoc2)Cc2ccccc21. The van der Waals surface area contributed by atoms with E-state index < -0.39 is 11.9 Å². The van der Waals surface area contributed by atoms with E-state index in [1.165, 1.54) is 12.5 Å². The van der Waals surface area contributed by atoms with Gasteiger partial charge in [0.1, 0.15) is 6.26 Å². The molecule has 0 saturated carbocycles. The van der Waals surface area contributed by atoms with Gasteiger partial charge in [0.25, 0.3) is 5.91 Å². The zero-order valence-corrected chi connectivity index (χ0v) is 10.7. The molecule has 0 spiro atoms. The standard InChI is InChI=1S/C15H13NO4/c17-14(11-5-6-20-9-11)16-7-10-3-1-2-4-12(10)13(8-16)15(18)19/h1-6,9,13H,7-8H2,(H,18,19)/t13-/m1/s1. The summed E-state index contributed by atoms with van der Waals surface area (Å²) in [4.78, 5) is 25.3. The molecule has 2 aromatic rings. The molecule has 1 N–H and O–H groups in total. The molecule has 20 heavy (non-hydrogen) atoms. The molecule has 5 heteroatoms. The Morgan fingerprint density at radius 1 is 1.25 bits per heavy atom. The number of carbonyl (C=O) groups is 2. The number of fused-ring (bicyclic) bond motifs is 1. The van der Waals surface area contributed by atoms with E-state index in [1.54, 1.807) is 11.0 Å². The largest absolute Gasteiger partial charge is 0.481 e. The molecule has 1 aromatic heterocycles. The van der Waals surface area contributed by atoms with Gasteiger partial charge in [0, 0.05) is 13.1 Å². The maximum Gasteiger partial charge on any atom is 0.312 e. The van der Waals surface area contributed by atoms with Gasteiger partial charge in [-0.25, -0.2) is 0 Å². The van der Waals surface area contributed by atoms with Crippen LogP contribution in [0.4, 0.5) is 0 Å². The molecule has 0 saturated heterocycles. The zero-order chi connectivity index (χ0) is 14.1. The third-order valence-electron chi connectivity index (χ3n) is 3.55. The fourth-order valence-electron chi connectivity index (χ4n) is 2.54. The van der Waals surface area contributed by atoms with Crippen LogP contribution in [0.2, 0.25) is 0 Å². The van der Waals surface area contributed by atoms with Crippen molar-refractivity contribution in [1.29, 1.82) is 0 Å². The summed E-state index contributed by atoms with van der Waals surface area (Å²) in [6, 6.07) is 8.93. The highest BCUT2D eigenvalue weighted by Gasteiger charge is 2.32. The second-order valence-corrected chi connectivity index (χ2v) is 4.79. The number of nitrogens with zero attached hydrogens (tertiary/aromatic N) is 1. The molecule has 1 amide bonds. The minimum absolute atomic E-state index is 0.177. The van der Waals surface area contributed by atoms with Gasteiger partial charge in [-0.2, -0.15) is 0 Å². The van der Waals surface area contributed by atoms with Gasteiger partial charge in [-0.15, -0.1) is 0 Å². The molecule has 0 radical (unpaired) electrons. The van der Waals surface area contributed by atoms with Crippen molar-refractivity contribution in [2.45, 2.75) is 12.5 Å². The lowest BCUT2D eigenvalue weighted by atomic mass is 9.89. The highest BCUT2D eigenvalue weighted by Crippen LogP contribution is 2.29. The Morgan fingerprint density at radius 3 is 2.75 bits per heavy atom. The first-order valence-electron chi connectivity index (χ1n) is 6.29. The summed E-state index contributed by atoms with van der Waals surface area (Å²) in [6.45, 7) is 0.598. The van der Waals surface area contributed by atoms with Crippen molar-refractivity contribution < 1.29 is 19.1 Å². The van der Waals surface area contributed by atoms with Gasteiger partial charge < -0.3 is 14.4 Å². The first-order valence-corrected chi connectivity index (χ1v) is 6.29. The van der Waals surface area contributed by atoms with Crippen molar-refractivity contribution in [3.05, 3.63) is 59.5 Å². The van der Waals surface area contributed by atoms with Crippen LogP contribution < -0.4 is 0 Å². The normalized spacial score (nSPS) is 17.6. The Morgan fingerprint density at radius 2 is 2.05 bits per heavy atom. The monoisotopic (exact) mass is 271 g/mol. The van der Waals surface area contributed by atoms with E-state index in [9.17, 15) is 14.7 Å². The van der Waals surface area contributed by atoms with Crippen LogP contribution in [0.5, 0.6) is 0 Å². The molecule has 1 aromatic carbocycles. The smallest absolute Gasteiger partial charge is 0.312 e. The number of carboxylic acid groups (broad SMARTS) is 1. The van der Waals surface area contributed by atoms with Crippen LogP contribution >= 0.6 is 0 Å². The fraction of sp³-hybridized carbons (Fsp3) is 0.200. The van der Waals surface area contributed by atoms with Gasteiger partial charge in [-0.3, -0.25) is 9.59 Å². The predicted molar refractivity (Wildman–Crippen MR) is 70.3 cm³/mol. The Bertz CT molecular complexity index is 648. The molecule has 0 bridgehead atoms. The first-order chi connectivity index (χ1) is 9.66. The Hall–Kier alpha value is -2.56. The predicted octanol–water partition coefficient (Wildman–Crippen LogP) is 2.10. The second kappa shape index (κ2) is 4.85. The van der Waals surface area contributed by atoms with Crippen LogP contribution in [0.25, 0.3) is 0 Å². The third-order valence-corrected chi connectivity index (χ3v) is 3.55. The number of carboxylic acids is 1. The molecular formula is C15H13NO4. The minimum Gasteiger partial charge on any atom is -0.481 e. The minimum atomic E-state index is -0.915. The van der Waals surface area contributed by atoms with Crippen LogP contribution in [0.3, 0.4) is 0 Å². The number of aliphatic carboxylic acids is 1. The van der Waals surface area contributed by atoms with Gasteiger partial charge in [0.05, 0.1) is 17.7 Å². The molecule has 5 nitrogen and oxygen atoms in total. The van der Waals surface area contributed by atoms with Gasteiger partial charge in [-0.1, -0.05) is 24.3 Å². The van der Waals surface area contributed by atoms with E-state index in [0.29, 0.717) is 12.1 Å². The summed E-state index contributed by atoms with van der Waals surface area (Å²) in [5, 5.41) is 9.36. The molecule has 2 heterocycles. The number of furan rings is 1. The molecule has 0 fully saturated rings. The van der Waals surface area contributed by atoms with Crippen LogP contribution in [0.15, 0.2) is 47.3 Å². The lowest BCUT2D eigenvalue weighted by Crippen LogP contribution is -2.40. The van der Waals surface area contributed by atoms with Crippen molar-refractivity contribution in [2.75, 3.05) is 6.54 Å². The van der Waals surface area contributed by atoms with Crippen LogP contribution in [0, 0.1) is 0 Å². The van der Waals surface area contributed by atoms with Gasteiger partial charge in [0.2, 0.25) is 0 Å². The van der Waals surface area contributed by atoms with Crippen molar-refractivity contribution >= 4 is 11.9 Å². The van der Waals surface area contributed by atoms with Crippen LogP contribution in [0.1, 0.15) is 27.4 Å². The second-order valence-electron chi connectivity index (χ2n) is 4.79. The van der Waals surface area contributed by atoms with Crippen molar-refractivity contribution in [2.24, 2.45) is 0 Å². The molecule has 3 rings (SSSR count). The topological polar surface area (TPSA) is 70.8 Å². The molecule has 1 aliphatic rings. The van der Waals surface area contributed by atoms with Crippen LogP contribution in [-0.4, -0.2) is 28.4 Å². The molecule has 0 unspecified atom stereocenters. The summed E-state index contributed by atoms with van der Waals surface area (Å²) in [5.74, 6) is -1.81. The van der Waals surface area contributed by atoms with E-state index in [-0.39, 0.29) is 12.5 Å². The van der Waals surface area contributed by atoms with E-state index in [1.807, 2.05) is 24.3 Å². The van der Waals surface area contributed by atoms with E-state index in [0.717, 1.165) is 11.1 Å². The average Bonchev–Trinajstić information content (AvgIpc) is 2.99. The van der Waals surface area contributed by atoms with Gasteiger partial charge >= 0.3 is 5.97 Å². The van der Waals surface area contributed by atoms with Gasteiger partial charge in [-0.05, 0) is 17.2 Å². The number of hydrogen-bond acceptors (Lipinski definition) is 3. The maximum atomic E-state index is 12.3. The van der Waals surface area contributed by atoms with E-state index >= 15 is 0 Å². The quantitative estimate of drug-likeness (QED) is 0.908. The number of amides is 1. The average molecular weight is 271 g/mol. The molecule has 1 atom stereocenters. The summed E-state index contributed by atoms with van der Waals surface area (Å²) in [6.07, 6.45) is 2.80. The van der Waals surface area contributed by atoms with Crippen molar-refractivity contribution in [3.8, 4) is 0 Å². The Balaban J connectivity index is 1.94. The Labute approximate surface area is 115 Å². The highest BCUT2D eigenvalue weighted by molar-refractivity contribution is 5.94. The van der Waals surface area contributed by atoms with Crippen molar-refractivity contribution in [3.63, 3.8) is 0 Å². The molecule has 1 aliphatic heterocycles. The zero-order valence-electron chi connectivity index (χ0n) is 10.7. The molecule has 0 aliphatic carbocycles. The molecule has 102 valence electrons. The maximum absolute atomic E-state index is 12.3. The highest BCUT2D eigenvalue weighted by atomic mass is 16.4. The van der Waals surface area contributed by atoms with Gasteiger partial charge in [0.15, 0.2) is 0 Å². The number of hydrogen-bond donors (Lipinski definition) is 1. The van der Waals surface area contributed by atoms with Crippen LogP contribution in [-0.2, 0) is 11.3 Å². The van der Waals surface area contributed by atoms with Crippen molar-refractivity contribution in [1.82, 2.24) is 4.90 Å². The van der Waals surface area contributed by atoms with E-state index in [4.69, 9.17) is 4.42 Å². The summed E-state index contributed by atoms with van der Waals surface area (Å²) in [7, 11) is 0. The lowest BCUT2D eigenvalue weighted by Gasteiger charge is -2.32. The third kappa shape index (κ3) is 2.07. The lowest BCUT2D eigenvalue weighted by molar-refractivity contribution is -0.139. The number of carbonyl (C=O) groups excluding carboxylic acids is 1. The Kier molecular flexibility index (Phi) is 3.02. The summed E-state index contributed by atoms with van der Waals surface area (Å²) in [5.41, 5.74) is 2.10. The number of rotatable bonds is 2. The summed E-state index contributed by atoms with van der Waals surface area (Å²) < 4.78 is 4.91. The first kappa shape index (κ1) is 12.5. The summed E-state index contributed by atoms with van der Waals surface area (Å²) >= 11 is 0. The molecular weight excluding hydrogens is 258 g/mol. The number of benzene rings is 1.